The van der Waals surface area contributed by atoms with Crippen molar-refractivity contribution in [2.24, 2.45) is 17.8 Å². The Morgan fingerprint density at radius 1 is 1.13 bits per heavy atom. The van der Waals surface area contributed by atoms with Gasteiger partial charge < -0.3 is 9.47 Å². The number of hydrogen-bond acceptors (Lipinski definition) is 6. The van der Waals surface area contributed by atoms with Gasteiger partial charge in [0.25, 0.3) is 5.69 Å². The molecule has 0 unspecified atom stereocenters. The molecule has 1 aliphatic carbocycles. The Morgan fingerprint density at radius 3 is 2.63 bits per heavy atom. The average molecular weight is 413 g/mol. The lowest BCUT2D eigenvalue weighted by molar-refractivity contribution is -0.555. The quantitative estimate of drug-likeness (QED) is 0.388. The second-order valence-electron chi connectivity index (χ2n) is 9.20. The topological polar surface area (TPSA) is 80.1 Å². The summed E-state index contributed by atoms with van der Waals surface area (Å²) in [5, 5.41) is 10.9. The first-order chi connectivity index (χ1) is 14.3. The fraction of sp³-hybridized carbons (Fsp3) is 0.565. The highest BCUT2D eigenvalue weighted by atomic mass is 17.3. The number of non-ortho nitro benzene ring substituents is 1. The van der Waals surface area contributed by atoms with Crippen LogP contribution in [0.2, 0.25) is 0 Å². The van der Waals surface area contributed by atoms with Gasteiger partial charge in [0.05, 0.1) is 4.92 Å². The van der Waals surface area contributed by atoms with Gasteiger partial charge in [0.1, 0.15) is 5.76 Å². The van der Waals surface area contributed by atoms with Crippen LogP contribution < -0.4 is 0 Å². The zero-order valence-electron chi connectivity index (χ0n) is 17.5. The fourth-order valence-corrected chi connectivity index (χ4v) is 5.69. The lowest BCUT2D eigenvalue weighted by Gasteiger charge is -2.57. The summed E-state index contributed by atoms with van der Waals surface area (Å²) in [5.41, 5.74) is 1.48. The van der Waals surface area contributed by atoms with Crippen molar-refractivity contribution in [3.05, 3.63) is 57.4 Å². The highest BCUT2D eigenvalue weighted by Gasteiger charge is 2.68. The number of fused-ring (bicyclic) bond motifs is 2. The van der Waals surface area contributed by atoms with Crippen molar-refractivity contribution in [1.29, 1.82) is 0 Å². The van der Waals surface area contributed by atoms with Crippen LogP contribution in [0, 0.1) is 27.9 Å². The maximum absolute atomic E-state index is 10.9. The number of nitro groups is 1. The molecule has 160 valence electrons. The van der Waals surface area contributed by atoms with E-state index in [1.165, 1.54) is 12.1 Å². The molecule has 3 saturated heterocycles. The summed E-state index contributed by atoms with van der Waals surface area (Å²) in [7, 11) is 0. The molecule has 1 aromatic carbocycles. The number of allylic oxidation sites excluding steroid dienone is 1. The molecule has 6 atom stereocenters. The van der Waals surface area contributed by atoms with Crippen LogP contribution in [0.4, 0.5) is 5.69 Å². The van der Waals surface area contributed by atoms with E-state index in [4.69, 9.17) is 19.2 Å². The Labute approximate surface area is 175 Å². The van der Waals surface area contributed by atoms with Gasteiger partial charge >= 0.3 is 0 Å². The predicted octanol–water partition coefficient (Wildman–Crippen LogP) is 5.13. The molecule has 0 amide bonds. The third-order valence-corrected chi connectivity index (χ3v) is 7.39. The van der Waals surface area contributed by atoms with Gasteiger partial charge in [-0.05, 0) is 68.4 Å². The van der Waals surface area contributed by atoms with Crippen molar-refractivity contribution in [2.45, 2.75) is 64.1 Å². The molecule has 7 heteroatoms. The van der Waals surface area contributed by atoms with E-state index in [0.717, 1.165) is 42.6 Å². The summed E-state index contributed by atoms with van der Waals surface area (Å²) in [4.78, 5) is 22.4. The number of nitro benzene ring substituents is 1. The highest BCUT2D eigenvalue weighted by molar-refractivity contribution is 5.55. The Bertz CT molecular complexity index is 924. The molecule has 2 bridgehead atoms. The largest absolute Gasteiger partial charge is 0.462 e. The molecule has 1 spiro atoms. The number of ether oxygens (including phenoxy) is 2. The van der Waals surface area contributed by atoms with E-state index in [-0.39, 0.29) is 11.6 Å². The maximum atomic E-state index is 10.9. The predicted molar refractivity (Wildman–Crippen MR) is 109 cm³/mol. The third kappa shape index (κ3) is 2.91. The minimum atomic E-state index is -0.796. The lowest BCUT2D eigenvalue weighted by atomic mass is 9.59. The van der Waals surface area contributed by atoms with Crippen molar-refractivity contribution in [2.75, 3.05) is 0 Å². The van der Waals surface area contributed by atoms with Crippen molar-refractivity contribution in [3.63, 3.8) is 0 Å². The number of nitrogens with zero attached hydrogens (tertiary/aromatic N) is 1. The normalized spacial score (nSPS) is 40.1. The van der Waals surface area contributed by atoms with Crippen LogP contribution in [0.15, 0.2) is 41.7 Å². The van der Waals surface area contributed by atoms with E-state index in [0.29, 0.717) is 11.8 Å². The number of benzene rings is 1. The first-order valence-electron chi connectivity index (χ1n) is 10.7. The van der Waals surface area contributed by atoms with E-state index >= 15 is 0 Å². The molecule has 30 heavy (non-hydrogen) atoms. The van der Waals surface area contributed by atoms with Gasteiger partial charge in [0.2, 0.25) is 12.1 Å². The van der Waals surface area contributed by atoms with Crippen LogP contribution in [0.5, 0.6) is 0 Å². The lowest BCUT2D eigenvalue weighted by Crippen LogP contribution is -2.66. The van der Waals surface area contributed by atoms with Crippen LogP contribution >= 0.6 is 0 Å². The van der Waals surface area contributed by atoms with Crippen molar-refractivity contribution in [1.82, 2.24) is 0 Å². The molecule has 7 nitrogen and oxygen atoms in total. The summed E-state index contributed by atoms with van der Waals surface area (Å²) in [6.45, 7) is 6.30. The van der Waals surface area contributed by atoms with E-state index in [9.17, 15) is 10.1 Å². The first-order valence-corrected chi connectivity index (χ1v) is 10.7. The van der Waals surface area contributed by atoms with Crippen LogP contribution in [0.3, 0.4) is 0 Å². The molecular formula is C23H27NO6. The van der Waals surface area contributed by atoms with Gasteiger partial charge in [-0.3, -0.25) is 10.1 Å². The third-order valence-electron chi connectivity index (χ3n) is 7.39. The molecule has 0 aromatic heterocycles. The van der Waals surface area contributed by atoms with Crippen LogP contribution in [0.1, 0.15) is 52.0 Å². The Balaban J connectivity index is 1.49. The molecule has 6 rings (SSSR count). The fourth-order valence-electron chi connectivity index (χ4n) is 5.69. The van der Waals surface area contributed by atoms with Gasteiger partial charge in [-0.25, -0.2) is 9.78 Å². The molecule has 0 N–H and O–H groups in total. The minimum Gasteiger partial charge on any atom is -0.462 e. The smallest absolute Gasteiger partial charge is 0.269 e. The molecular weight excluding hydrogens is 386 g/mol. The molecule has 4 aliphatic heterocycles. The molecule has 5 aliphatic rings. The maximum Gasteiger partial charge on any atom is 0.269 e. The van der Waals surface area contributed by atoms with Crippen LogP contribution in [0.25, 0.3) is 6.08 Å². The molecule has 1 aromatic rings. The van der Waals surface area contributed by atoms with Gasteiger partial charge in [-0.2, -0.15) is 0 Å². The van der Waals surface area contributed by atoms with Gasteiger partial charge in [0.15, 0.2) is 5.60 Å². The SMILES string of the molecule is CC1=C(/C=C/c2ccc([N+](=O)[O-])cc2)O[C@@H]2O[C@@]3(C)CC[C@H]4[C@H](C)CC[C@@H]1[C@@]24OO3. The highest BCUT2D eigenvalue weighted by Crippen LogP contribution is 2.60. The zero-order chi connectivity index (χ0) is 21.1. The molecule has 4 fully saturated rings. The summed E-state index contributed by atoms with van der Waals surface area (Å²) in [6, 6.07) is 6.47. The van der Waals surface area contributed by atoms with Crippen molar-refractivity contribution in [3.8, 4) is 0 Å². The Morgan fingerprint density at radius 2 is 1.90 bits per heavy atom. The summed E-state index contributed by atoms with van der Waals surface area (Å²) < 4.78 is 12.7. The second-order valence-corrected chi connectivity index (χ2v) is 9.20. The summed E-state index contributed by atoms with van der Waals surface area (Å²) in [6.07, 6.45) is 7.25. The van der Waals surface area contributed by atoms with Gasteiger partial charge in [-0.1, -0.05) is 13.0 Å². The molecule has 1 saturated carbocycles. The Hall–Kier alpha value is -2.22. The van der Waals surface area contributed by atoms with E-state index in [1.54, 1.807) is 12.1 Å². The summed E-state index contributed by atoms with van der Waals surface area (Å²) >= 11 is 0. The van der Waals surface area contributed by atoms with Crippen LogP contribution in [-0.4, -0.2) is 22.6 Å². The molecule has 4 heterocycles. The standard InChI is InChI=1S/C23H27NO6/c1-14-4-10-19-15(2)20(11-7-16-5-8-17(9-6-16)24(25)26)27-21-23(19)18(14)12-13-22(3,28-21)29-30-23/h5-9,11,14,18-19,21H,4,10,12-13H2,1-3H3/b11-7+/t14-,18+,19+,21-,22-,23-/m1/s1. The van der Waals surface area contributed by atoms with Crippen molar-refractivity contribution >= 4 is 11.8 Å². The second kappa shape index (κ2) is 6.90. The van der Waals surface area contributed by atoms with E-state index < -0.39 is 22.6 Å². The number of hydrogen-bond donors (Lipinski definition) is 0. The Kier molecular flexibility index (Phi) is 4.54. The molecule has 0 radical (unpaired) electrons. The van der Waals surface area contributed by atoms with E-state index in [1.807, 2.05) is 19.1 Å². The van der Waals surface area contributed by atoms with E-state index in [2.05, 4.69) is 13.8 Å². The first kappa shape index (κ1) is 19.7. The summed E-state index contributed by atoms with van der Waals surface area (Å²) in [5.74, 6) is 0.986. The minimum absolute atomic E-state index is 0.0778. The monoisotopic (exact) mass is 413 g/mol. The zero-order valence-corrected chi connectivity index (χ0v) is 17.5. The van der Waals surface area contributed by atoms with Crippen molar-refractivity contribution < 1.29 is 24.2 Å². The van der Waals surface area contributed by atoms with Crippen LogP contribution in [-0.2, 0) is 19.2 Å². The van der Waals surface area contributed by atoms with Gasteiger partial charge in [-0.15, -0.1) is 0 Å². The number of rotatable bonds is 3. The van der Waals surface area contributed by atoms with Gasteiger partial charge in [0, 0.05) is 30.4 Å². The average Bonchev–Trinajstić information content (AvgIpc) is 2.96.